The number of anilines is 2. The maximum atomic E-state index is 13.1. The third-order valence-corrected chi connectivity index (χ3v) is 4.95. The Hall–Kier alpha value is -2.97. The van der Waals surface area contributed by atoms with Gasteiger partial charge in [-0.2, -0.15) is 9.61 Å². The smallest absolute Gasteiger partial charge is 0.250 e. The van der Waals surface area contributed by atoms with Gasteiger partial charge in [0.1, 0.15) is 17.7 Å². The number of aryl methyl sites for hydroxylation is 2. The third-order valence-electron chi connectivity index (χ3n) is 4.95. The van der Waals surface area contributed by atoms with Gasteiger partial charge >= 0.3 is 0 Å². The van der Waals surface area contributed by atoms with Crippen molar-refractivity contribution in [1.82, 2.24) is 29.6 Å². The number of fused-ring (bicyclic) bond motifs is 1. The summed E-state index contributed by atoms with van der Waals surface area (Å²) in [5.74, 6) is 2.29. The molecule has 3 aromatic heterocycles. The lowest BCUT2D eigenvalue weighted by molar-refractivity contribution is -0.120. The molecule has 9 heteroatoms. The molecule has 0 radical (unpaired) electrons. The molecule has 1 atom stereocenters. The molecule has 0 aliphatic carbocycles. The second kappa shape index (κ2) is 6.57. The highest BCUT2D eigenvalue weighted by molar-refractivity contribution is 5.98. The first kappa shape index (κ1) is 18.4. The summed E-state index contributed by atoms with van der Waals surface area (Å²) in [6, 6.07) is 5.32. The molecular formula is C19H26N8O. The molecule has 148 valence electrons. The summed E-state index contributed by atoms with van der Waals surface area (Å²) in [6.07, 6.45) is 1.68. The quantitative estimate of drug-likeness (QED) is 0.745. The monoisotopic (exact) mass is 382 g/mol. The minimum absolute atomic E-state index is 0.0379. The van der Waals surface area contributed by atoms with Crippen LogP contribution < -0.4 is 10.2 Å². The van der Waals surface area contributed by atoms with E-state index >= 15 is 0 Å². The lowest BCUT2D eigenvalue weighted by Gasteiger charge is -2.32. The van der Waals surface area contributed by atoms with Crippen LogP contribution in [0.1, 0.15) is 45.1 Å². The van der Waals surface area contributed by atoms with Crippen molar-refractivity contribution in [3.8, 4) is 0 Å². The number of nitrogens with zero attached hydrogens (tertiary/aromatic N) is 7. The molecule has 1 saturated heterocycles. The van der Waals surface area contributed by atoms with E-state index < -0.39 is 0 Å². The Kier molecular flexibility index (Phi) is 4.32. The second-order valence-electron chi connectivity index (χ2n) is 8.36. The van der Waals surface area contributed by atoms with Crippen LogP contribution in [0.5, 0.6) is 0 Å². The molecule has 1 N–H and O–H groups in total. The highest BCUT2D eigenvalue weighted by Gasteiger charge is 2.31. The molecule has 0 aromatic carbocycles. The Morgan fingerprint density at radius 3 is 2.64 bits per heavy atom. The summed E-state index contributed by atoms with van der Waals surface area (Å²) >= 11 is 0. The molecule has 28 heavy (non-hydrogen) atoms. The SMILES string of the molecule is Cc1cc(N2CCCC(Nc3ccc4nnc(C(C)(C)C)n4n3)C2=O)n(C)n1. The second-order valence-corrected chi connectivity index (χ2v) is 8.36. The number of nitrogens with one attached hydrogen (secondary N) is 1. The van der Waals surface area contributed by atoms with Gasteiger partial charge in [-0.15, -0.1) is 15.3 Å². The van der Waals surface area contributed by atoms with E-state index in [1.165, 1.54) is 0 Å². The standard InChI is InChI=1S/C19H26N8O/c1-12-11-16(25(5)23-12)26-10-6-7-13(17(26)28)20-14-8-9-15-21-22-18(19(2,3)4)27(15)24-14/h8-9,11,13H,6-7,10H2,1-5H3,(H,20,24). The van der Waals surface area contributed by atoms with Gasteiger partial charge < -0.3 is 5.32 Å². The number of aromatic nitrogens is 6. The van der Waals surface area contributed by atoms with Gasteiger partial charge in [0.25, 0.3) is 5.91 Å². The molecule has 1 unspecified atom stereocenters. The predicted molar refractivity (Wildman–Crippen MR) is 106 cm³/mol. The van der Waals surface area contributed by atoms with E-state index in [0.717, 1.165) is 30.2 Å². The van der Waals surface area contributed by atoms with E-state index in [0.29, 0.717) is 18.0 Å². The summed E-state index contributed by atoms with van der Waals surface area (Å²) < 4.78 is 3.50. The lowest BCUT2D eigenvalue weighted by Crippen LogP contribution is -2.48. The van der Waals surface area contributed by atoms with Crippen LogP contribution in [0.15, 0.2) is 18.2 Å². The van der Waals surface area contributed by atoms with Crippen molar-refractivity contribution in [2.24, 2.45) is 7.05 Å². The first-order valence-corrected chi connectivity index (χ1v) is 9.55. The van der Waals surface area contributed by atoms with E-state index in [2.05, 4.69) is 46.5 Å². The van der Waals surface area contributed by atoms with E-state index in [9.17, 15) is 4.79 Å². The topological polar surface area (TPSA) is 93.2 Å². The lowest BCUT2D eigenvalue weighted by atomic mass is 9.96. The molecule has 9 nitrogen and oxygen atoms in total. The van der Waals surface area contributed by atoms with Crippen LogP contribution in [-0.4, -0.2) is 48.1 Å². The fraction of sp³-hybridized carbons (Fsp3) is 0.526. The number of carbonyl (C=O) groups excluding carboxylic acids is 1. The highest BCUT2D eigenvalue weighted by atomic mass is 16.2. The van der Waals surface area contributed by atoms with Gasteiger partial charge in [0, 0.05) is 25.1 Å². The van der Waals surface area contributed by atoms with Gasteiger partial charge in [-0.25, -0.2) is 0 Å². The molecule has 1 aliphatic rings. The highest BCUT2D eigenvalue weighted by Crippen LogP contribution is 2.24. The fourth-order valence-corrected chi connectivity index (χ4v) is 3.60. The zero-order valence-electron chi connectivity index (χ0n) is 17.0. The van der Waals surface area contributed by atoms with Crippen molar-refractivity contribution in [1.29, 1.82) is 0 Å². The number of rotatable bonds is 3. The Balaban J connectivity index is 1.60. The molecule has 1 aliphatic heterocycles. The van der Waals surface area contributed by atoms with Crippen molar-refractivity contribution in [2.75, 3.05) is 16.8 Å². The Morgan fingerprint density at radius 1 is 1.18 bits per heavy atom. The van der Waals surface area contributed by atoms with Crippen molar-refractivity contribution < 1.29 is 4.79 Å². The van der Waals surface area contributed by atoms with Crippen LogP contribution in [-0.2, 0) is 17.3 Å². The summed E-state index contributed by atoms with van der Waals surface area (Å²) in [5, 5.41) is 20.8. The minimum Gasteiger partial charge on any atom is -0.357 e. The molecule has 0 bridgehead atoms. The predicted octanol–water partition coefficient (Wildman–Crippen LogP) is 2.07. The molecule has 0 saturated carbocycles. The van der Waals surface area contributed by atoms with E-state index in [1.54, 1.807) is 14.1 Å². The largest absolute Gasteiger partial charge is 0.357 e. The molecule has 4 rings (SSSR count). The minimum atomic E-state index is -0.330. The normalized spacial score (nSPS) is 18.1. The molecular weight excluding hydrogens is 356 g/mol. The zero-order valence-corrected chi connectivity index (χ0v) is 17.0. The average Bonchev–Trinajstić information content (AvgIpc) is 3.19. The Bertz CT molecular complexity index is 1030. The summed E-state index contributed by atoms with van der Waals surface area (Å²) in [7, 11) is 1.86. The molecule has 1 fully saturated rings. The Morgan fingerprint density at radius 2 is 1.96 bits per heavy atom. The molecule has 3 aromatic rings. The summed E-state index contributed by atoms with van der Waals surface area (Å²) in [4.78, 5) is 14.9. The molecule has 1 amide bonds. The number of hydrogen-bond donors (Lipinski definition) is 1. The van der Waals surface area contributed by atoms with E-state index in [4.69, 9.17) is 0 Å². The van der Waals surface area contributed by atoms with Crippen LogP contribution in [0.3, 0.4) is 0 Å². The van der Waals surface area contributed by atoms with E-state index in [-0.39, 0.29) is 17.4 Å². The number of amides is 1. The number of carbonyl (C=O) groups is 1. The van der Waals surface area contributed by atoms with Gasteiger partial charge in [-0.3, -0.25) is 14.4 Å². The maximum Gasteiger partial charge on any atom is 0.250 e. The number of hydrogen-bond acceptors (Lipinski definition) is 6. The number of piperidine rings is 1. The van der Waals surface area contributed by atoms with Gasteiger partial charge in [0.15, 0.2) is 11.5 Å². The first-order chi connectivity index (χ1) is 13.2. The fourth-order valence-electron chi connectivity index (χ4n) is 3.60. The van der Waals surface area contributed by atoms with Crippen molar-refractivity contribution in [3.05, 3.63) is 29.7 Å². The van der Waals surface area contributed by atoms with Crippen LogP contribution in [0.4, 0.5) is 11.6 Å². The van der Waals surface area contributed by atoms with Gasteiger partial charge in [0.05, 0.1) is 5.69 Å². The van der Waals surface area contributed by atoms with Crippen molar-refractivity contribution in [3.63, 3.8) is 0 Å². The van der Waals surface area contributed by atoms with Crippen LogP contribution in [0.2, 0.25) is 0 Å². The van der Waals surface area contributed by atoms with Crippen LogP contribution in [0, 0.1) is 6.92 Å². The maximum absolute atomic E-state index is 13.1. The van der Waals surface area contributed by atoms with Crippen molar-refractivity contribution in [2.45, 2.75) is 52.0 Å². The summed E-state index contributed by atoms with van der Waals surface area (Å²) in [5.41, 5.74) is 1.41. The van der Waals surface area contributed by atoms with Gasteiger partial charge in [0.2, 0.25) is 0 Å². The Labute approximate surface area is 163 Å². The van der Waals surface area contributed by atoms with Crippen LogP contribution in [0.25, 0.3) is 5.65 Å². The van der Waals surface area contributed by atoms with Gasteiger partial charge in [-0.05, 0) is 31.9 Å². The molecule has 4 heterocycles. The van der Waals surface area contributed by atoms with Crippen molar-refractivity contribution >= 4 is 23.2 Å². The van der Waals surface area contributed by atoms with E-state index in [1.807, 2.05) is 32.2 Å². The zero-order chi connectivity index (χ0) is 20.1. The van der Waals surface area contributed by atoms with Gasteiger partial charge in [-0.1, -0.05) is 20.8 Å². The molecule has 0 spiro atoms. The average molecular weight is 382 g/mol. The third kappa shape index (κ3) is 3.21. The first-order valence-electron chi connectivity index (χ1n) is 9.55. The van der Waals surface area contributed by atoms with Crippen LogP contribution >= 0.6 is 0 Å². The summed E-state index contributed by atoms with van der Waals surface area (Å²) in [6.45, 7) is 8.85.